The molecule has 1 fully saturated rings. The molecule has 6 nitrogen and oxygen atoms in total. The lowest BCUT2D eigenvalue weighted by molar-refractivity contribution is 0.204. The normalized spacial score (nSPS) is 20.2. The van der Waals surface area contributed by atoms with Gasteiger partial charge in [0.15, 0.2) is 5.82 Å². The maximum Gasteiger partial charge on any atom is 0.245 e. The van der Waals surface area contributed by atoms with Crippen LogP contribution < -0.4 is 0 Å². The molecule has 1 aromatic carbocycles. The summed E-state index contributed by atoms with van der Waals surface area (Å²) in [6.07, 6.45) is 2.29. The highest BCUT2D eigenvalue weighted by molar-refractivity contribution is 7.89. The summed E-state index contributed by atoms with van der Waals surface area (Å²) < 4.78 is 45.2. The maximum absolute atomic E-state index is 13.0. The molecule has 1 atom stereocenters. The first-order valence-electron chi connectivity index (χ1n) is 7.06. The molecule has 22 heavy (non-hydrogen) atoms. The first-order chi connectivity index (χ1) is 10.5. The molecule has 8 heteroatoms. The predicted molar refractivity (Wildman–Crippen MR) is 75.9 cm³/mol. The molecule has 0 N–H and O–H groups in total. The van der Waals surface area contributed by atoms with Crippen molar-refractivity contribution < 1.29 is 17.3 Å². The first kappa shape index (κ1) is 15.1. The van der Waals surface area contributed by atoms with Crippen LogP contribution >= 0.6 is 0 Å². The molecule has 1 saturated heterocycles. The monoisotopic (exact) mass is 325 g/mol. The average molecular weight is 325 g/mol. The van der Waals surface area contributed by atoms with Crippen molar-refractivity contribution in [3.05, 3.63) is 41.8 Å². The number of benzene rings is 1. The van der Waals surface area contributed by atoms with Crippen LogP contribution in [0.25, 0.3) is 0 Å². The number of halogens is 1. The topological polar surface area (TPSA) is 76.3 Å². The van der Waals surface area contributed by atoms with Gasteiger partial charge < -0.3 is 4.52 Å². The summed E-state index contributed by atoms with van der Waals surface area (Å²) in [5.74, 6) is 0.310. The van der Waals surface area contributed by atoms with Gasteiger partial charge in [-0.05, 0) is 44.0 Å². The van der Waals surface area contributed by atoms with Crippen LogP contribution in [-0.4, -0.2) is 29.4 Å². The fraction of sp³-hybridized carbons (Fsp3) is 0.429. The van der Waals surface area contributed by atoms with Gasteiger partial charge in [-0.2, -0.15) is 9.29 Å². The zero-order valence-corrected chi connectivity index (χ0v) is 12.9. The molecule has 118 valence electrons. The van der Waals surface area contributed by atoms with Crippen molar-refractivity contribution in [2.75, 3.05) is 6.54 Å². The van der Waals surface area contributed by atoms with Gasteiger partial charge in [0.2, 0.25) is 15.9 Å². The van der Waals surface area contributed by atoms with Gasteiger partial charge in [0.05, 0.1) is 4.90 Å². The van der Waals surface area contributed by atoms with Crippen LogP contribution in [0.4, 0.5) is 4.39 Å². The van der Waals surface area contributed by atoms with E-state index in [0.29, 0.717) is 24.7 Å². The largest absolute Gasteiger partial charge is 0.338 e. The Morgan fingerprint density at radius 3 is 2.64 bits per heavy atom. The molecule has 1 aliphatic heterocycles. The van der Waals surface area contributed by atoms with Crippen molar-refractivity contribution in [3.63, 3.8) is 0 Å². The summed E-state index contributed by atoms with van der Waals surface area (Å²) in [5, 5.41) is 3.74. The summed E-state index contributed by atoms with van der Waals surface area (Å²) in [7, 11) is -3.73. The van der Waals surface area contributed by atoms with E-state index in [2.05, 4.69) is 10.1 Å². The Kier molecular flexibility index (Phi) is 3.96. The van der Waals surface area contributed by atoms with Crippen LogP contribution in [0.2, 0.25) is 0 Å². The van der Waals surface area contributed by atoms with Gasteiger partial charge in [-0.25, -0.2) is 12.8 Å². The molecule has 0 aliphatic carbocycles. The summed E-state index contributed by atoms with van der Waals surface area (Å²) in [6.45, 7) is 2.07. The Balaban J connectivity index is 1.97. The minimum Gasteiger partial charge on any atom is -0.338 e. The van der Waals surface area contributed by atoms with E-state index in [1.165, 1.54) is 16.4 Å². The minimum atomic E-state index is -3.73. The molecule has 0 unspecified atom stereocenters. The van der Waals surface area contributed by atoms with Crippen LogP contribution in [0.3, 0.4) is 0 Å². The maximum atomic E-state index is 13.0. The van der Waals surface area contributed by atoms with Gasteiger partial charge in [-0.15, -0.1) is 0 Å². The molecule has 0 saturated carbocycles. The fourth-order valence-corrected chi connectivity index (χ4v) is 4.28. The molecule has 0 amide bonds. The summed E-state index contributed by atoms with van der Waals surface area (Å²) in [5.41, 5.74) is 0. The van der Waals surface area contributed by atoms with Crippen molar-refractivity contribution in [3.8, 4) is 0 Å². The van der Waals surface area contributed by atoms with Crippen molar-refractivity contribution in [2.45, 2.75) is 37.1 Å². The minimum absolute atomic E-state index is 0.0667. The molecular formula is C14H16FN3O3S. The van der Waals surface area contributed by atoms with Crippen LogP contribution in [0.5, 0.6) is 0 Å². The highest BCUT2D eigenvalue weighted by Crippen LogP contribution is 2.34. The van der Waals surface area contributed by atoms with E-state index in [-0.39, 0.29) is 4.90 Å². The second-order valence-electron chi connectivity index (χ2n) is 5.26. The van der Waals surface area contributed by atoms with E-state index in [0.717, 1.165) is 25.0 Å². The summed E-state index contributed by atoms with van der Waals surface area (Å²) in [6, 6.07) is 4.36. The molecular weight excluding hydrogens is 309 g/mol. The fourth-order valence-electron chi connectivity index (χ4n) is 2.63. The molecule has 2 heterocycles. The Morgan fingerprint density at radius 2 is 2.00 bits per heavy atom. The van der Waals surface area contributed by atoms with Crippen LogP contribution in [0.15, 0.2) is 33.7 Å². The Morgan fingerprint density at radius 1 is 1.27 bits per heavy atom. The first-order valence-corrected chi connectivity index (χ1v) is 8.50. The summed E-state index contributed by atoms with van der Waals surface area (Å²) >= 11 is 0. The number of aryl methyl sites for hydroxylation is 1. The van der Waals surface area contributed by atoms with Crippen molar-refractivity contribution in [2.24, 2.45) is 0 Å². The number of nitrogens with zero attached hydrogens (tertiary/aromatic N) is 3. The lowest BCUT2D eigenvalue weighted by atomic mass is 10.1. The standard InChI is InChI=1S/C14H16FN3O3S/c1-10-16-14(21-17-10)13-4-2-3-9-18(13)22(19,20)12-7-5-11(15)6-8-12/h5-8,13H,2-4,9H2,1H3/t13-/m0/s1. The third kappa shape index (κ3) is 2.76. The van der Waals surface area contributed by atoms with E-state index in [1.54, 1.807) is 6.92 Å². The van der Waals surface area contributed by atoms with Crippen molar-refractivity contribution in [1.82, 2.24) is 14.4 Å². The molecule has 0 bridgehead atoms. The number of hydrogen-bond donors (Lipinski definition) is 0. The van der Waals surface area contributed by atoms with Gasteiger partial charge >= 0.3 is 0 Å². The number of sulfonamides is 1. The molecule has 2 aromatic rings. The lowest BCUT2D eigenvalue weighted by Gasteiger charge is -2.32. The van der Waals surface area contributed by atoms with Gasteiger partial charge in [-0.3, -0.25) is 0 Å². The molecule has 0 radical (unpaired) electrons. The molecule has 1 aliphatic rings. The number of hydrogen-bond acceptors (Lipinski definition) is 5. The number of rotatable bonds is 3. The van der Waals surface area contributed by atoms with E-state index in [9.17, 15) is 12.8 Å². The average Bonchev–Trinajstić information content (AvgIpc) is 2.94. The summed E-state index contributed by atoms with van der Waals surface area (Å²) in [4.78, 5) is 4.23. The number of piperidine rings is 1. The van der Waals surface area contributed by atoms with E-state index >= 15 is 0 Å². The van der Waals surface area contributed by atoms with Crippen LogP contribution in [-0.2, 0) is 10.0 Å². The number of aromatic nitrogens is 2. The van der Waals surface area contributed by atoms with Crippen molar-refractivity contribution in [1.29, 1.82) is 0 Å². The van der Waals surface area contributed by atoms with Crippen molar-refractivity contribution >= 4 is 10.0 Å². The lowest BCUT2D eigenvalue weighted by Crippen LogP contribution is -2.38. The third-order valence-electron chi connectivity index (χ3n) is 3.70. The quantitative estimate of drug-likeness (QED) is 0.866. The zero-order chi connectivity index (χ0) is 15.7. The van der Waals surface area contributed by atoms with Gasteiger partial charge in [-0.1, -0.05) is 11.6 Å². The van der Waals surface area contributed by atoms with Gasteiger partial charge in [0.1, 0.15) is 11.9 Å². The van der Waals surface area contributed by atoms with E-state index in [1.807, 2.05) is 0 Å². The highest BCUT2D eigenvalue weighted by Gasteiger charge is 2.37. The van der Waals surface area contributed by atoms with E-state index in [4.69, 9.17) is 4.52 Å². The van der Waals surface area contributed by atoms with Crippen LogP contribution in [0.1, 0.15) is 37.0 Å². The Labute approximate surface area is 128 Å². The third-order valence-corrected chi connectivity index (χ3v) is 5.62. The second kappa shape index (κ2) is 5.77. The molecule has 3 rings (SSSR count). The highest BCUT2D eigenvalue weighted by atomic mass is 32.2. The van der Waals surface area contributed by atoms with Crippen LogP contribution in [0, 0.1) is 12.7 Å². The SMILES string of the molecule is Cc1noc([C@@H]2CCCCN2S(=O)(=O)c2ccc(F)cc2)n1. The van der Waals surface area contributed by atoms with E-state index < -0.39 is 21.9 Å². The smallest absolute Gasteiger partial charge is 0.245 e. The zero-order valence-electron chi connectivity index (χ0n) is 12.1. The van der Waals surface area contributed by atoms with Gasteiger partial charge in [0, 0.05) is 6.54 Å². The second-order valence-corrected chi connectivity index (χ2v) is 7.15. The predicted octanol–water partition coefficient (Wildman–Crippen LogP) is 2.43. The molecule has 1 aromatic heterocycles. The molecule has 0 spiro atoms. The Bertz CT molecular complexity index is 758. The Hall–Kier alpha value is -1.80. The van der Waals surface area contributed by atoms with Gasteiger partial charge in [0.25, 0.3) is 0 Å².